The zero-order chi connectivity index (χ0) is 10.8. The number of halogens is 2. The largest absolute Gasteiger partial charge is 0.206 e. The first-order chi connectivity index (χ1) is 7.16. The SMILES string of the molecule is Cc1ccc(-c2ccc(Cl)cc2)c(F)c1. The molecule has 0 aliphatic heterocycles. The Morgan fingerprint density at radius 3 is 2.27 bits per heavy atom. The van der Waals surface area contributed by atoms with Crippen molar-refractivity contribution in [1.82, 2.24) is 0 Å². The molecular weight excluding hydrogens is 211 g/mol. The first kappa shape index (κ1) is 10.2. The van der Waals surface area contributed by atoms with Crippen molar-refractivity contribution < 1.29 is 4.39 Å². The summed E-state index contributed by atoms with van der Waals surface area (Å²) in [6.07, 6.45) is 0. The summed E-state index contributed by atoms with van der Waals surface area (Å²) in [6.45, 7) is 1.87. The van der Waals surface area contributed by atoms with E-state index in [2.05, 4.69) is 0 Å². The van der Waals surface area contributed by atoms with E-state index in [-0.39, 0.29) is 5.82 Å². The monoisotopic (exact) mass is 220 g/mol. The molecule has 0 atom stereocenters. The van der Waals surface area contributed by atoms with Crippen LogP contribution in [0, 0.1) is 12.7 Å². The lowest BCUT2D eigenvalue weighted by Gasteiger charge is -2.04. The van der Waals surface area contributed by atoms with Crippen LogP contribution in [-0.2, 0) is 0 Å². The standard InChI is InChI=1S/C13H10ClF/c1-9-2-7-12(13(15)8-9)10-3-5-11(14)6-4-10/h2-8H,1H3. The smallest absolute Gasteiger partial charge is 0.131 e. The molecule has 2 aromatic carbocycles. The quantitative estimate of drug-likeness (QED) is 0.666. The fourth-order valence-electron chi connectivity index (χ4n) is 1.48. The Kier molecular flexibility index (Phi) is 2.74. The van der Waals surface area contributed by atoms with Gasteiger partial charge in [0.2, 0.25) is 0 Å². The first-order valence-electron chi connectivity index (χ1n) is 4.69. The molecular formula is C13H10ClF. The highest BCUT2D eigenvalue weighted by Crippen LogP contribution is 2.24. The Labute approximate surface area is 93.3 Å². The Morgan fingerprint density at radius 1 is 1.00 bits per heavy atom. The summed E-state index contributed by atoms with van der Waals surface area (Å²) in [7, 11) is 0. The molecule has 0 unspecified atom stereocenters. The van der Waals surface area contributed by atoms with Crippen LogP contribution in [0.2, 0.25) is 5.02 Å². The molecule has 2 rings (SSSR count). The number of benzene rings is 2. The minimum atomic E-state index is -0.197. The summed E-state index contributed by atoms with van der Waals surface area (Å²) in [5.41, 5.74) is 2.37. The summed E-state index contributed by atoms with van der Waals surface area (Å²) in [6, 6.07) is 12.4. The summed E-state index contributed by atoms with van der Waals surface area (Å²) in [5.74, 6) is -0.197. The van der Waals surface area contributed by atoms with E-state index >= 15 is 0 Å². The molecule has 2 heteroatoms. The van der Waals surface area contributed by atoms with Crippen LogP contribution in [0.15, 0.2) is 42.5 Å². The first-order valence-corrected chi connectivity index (χ1v) is 5.07. The van der Waals surface area contributed by atoms with E-state index < -0.39 is 0 Å². The molecule has 0 saturated heterocycles. The van der Waals surface area contributed by atoms with Crippen LogP contribution in [0.1, 0.15) is 5.56 Å². The summed E-state index contributed by atoms with van der Waals surface area (Å²) >= 11 is 5.77. The van der Waals surface area contributed by atoms with Gasteiger partial charge in [-0.15, -0.1) is 0 Å². The van der Waals surface area contributed by atoms with Crippen molar-refractivity contribution in [2.24, 2.45) is 0 Å². The summed E-state index contributed by atoms with van der Waals surface area (Å²) in [4.78, 5) is 0. The van der Waals surface area contributed by atoms with Gasteiger partial charge in [-0.1, -0.05) is 35.9 Å². The van der Waals surface area contributed by atoms with E-state index in [1.54, 1.807) is 18.2 Å². The molecule has 0 aliphatic carbocycles. The predicted molar refractivity (Wildman–Crippen MR) is 61.6 cm³/mol. The maximum absolute atomic E-state index is 13.6. The van der Waals surface area contributed by atoms with Crippen LogP contribution in [0.3, 0.4) is 0 Å². The van der Waals surface area contributed by atoms with Crippen LogP contribution < -0.4 is 0 Å². The topological polar surface area (TPSA) is 0 Å². The zero-order valence-corrected chi connectivity index (χ0v) is 9.05. The molecule has 0 aromatic heterocycles. The zero-order valence-electron chi connectivity index (χ0n) is 8.30. The lowest BCUT2D eigenvalue weighted by atomic mass is 10.0. The van der Waals surface area contributed by atoms with Gasteiger partial charge in [-0.3, -0.25) is 0 Å². The van der Waals surface area contributed by atoms with Crippen molar-refractivity contribution in [3.8, 4) is 11.1 Å². The summed E-state index contributed by atoms with van der Waals surface area (Å²) < 4.78 is 13.6. The average molecular weight is 221 g/mol. The average Bonchev–Trinajstić information content (AvgIpc) is 2.20. The van der Waals surface area contributed by atoms with Crippen LogP contribution in [0.4, 0.5) is 4.39 Å². The molecule has 0 saturated carbocycles. The lowest BCUT2D eigenvalue weighted by Crippen LogP contribution is -1.85. The van der Waals surface area contributed by atoms with Crippen molar-refractivity contribution >= 4 is 11.6 Å². The molecule has 0 bridgehead atoms. The Bertz CT molecular complexity index is 474. The van der Waals surface area contributed by atoms with E-state index in [0.29, 0.717) is 10.6 Å². The van der Waals surface area contributed by atoms with Crippen LogP contribution in [0.5, 0.6) is 0 Å². The predicted octanol–water partition coefficient (Wildman–Crippen LogP) is 4.45. The third-order valence-electron chi connectivity index (χ3n) is 2.28. The van der Waals surface area contributed by atoms with Crippen LogP contribution >= 0.6 is 11.6 Å². The molecule has 0 fully saturated rings. The highest BCUT2D eigenvalue weighted by molar-refractivity contribution is 6.30. The minimum absolute atomic E-state index is 0.197. The molecule has 76 valence electrons. The van der Waals surface area contributed by atoms with Crippen molar-refractivity contribution in [2.75, 3.05) is 0 Å². The van der Waals surface area contributed by atoms with Gasteiger partial charge in [-0.2, -0.15) is 0 Å². The van der Waals surface area contributed by atoms with Crippen LogP contribution in [-0.4, -0.2) is 0 Å². The second-order valence-electron chi connectivity index (χ2n) is 3.49. The highest BCUT2D eigenvalue weighted by Gasteiger charge is 2.04. The molecule has 0 heterocycles. The normalized spacial score (nSPS) is 10.3. The molecule has 0 N–H and O–H groups in total. The Balaban J connectivity index is 2.49. The number of hydrogen-bond donors (Lipinski definition) is 0. The summed E-state index contributed by atoms with van der Waals surface area (Å²) in [5, 5.41) is 0.659. The molecule has 0 aliphatic rings. The fraction of sp³-hybridized carbons (Fsp3) is 0.0769. The van der Waals surface area contributed by atoms with E-state index in [1.807, 2.05) is 25.1 Å². The molecule has 15 heavy (non-hydrogen) atoms. The van der Waals surface area contributed by atoms with E-state index in [1.165, 1.54) is 6.07 Å². The lowest BCUT2D eigenvalue weighted by molar-refractivity contribution is 0.630. The van der Waals surface area contributed by atoms with Crippen molar-refractivity contribution in [1.29, 1.82) is 0 Å². The highest BCUT2D eigenvalue weighted by atomic mass is 35.5. The van der Waals surface area contributed by atoms with Gasteiger partial charge in [0.05, 0.1) is 0 Å². The van der Waals surface area contributed by atoms with Crippen molar-refractivity contribution in [3.05, 3.63) is 58.9 Å². The fourth-order valence-corrected chi connectivity index (χ4v) is 1.61. The van der Waals surface area contributed by atoms with E-state index in [9.17, 15) is 4.39 Å². The van der Waals surface area contributed by atoms with Gasteiger partial charge in [0.1, 0.15) is 5.82 Å². The van der Waals surface area contributed by atoms with Gasteiger partial charge in [0.25, 0.3) is 0 Å². The van der Waals surface area contributed by atoms with Gasteiger partial charge in [-0.05, 0) is 36.2 Å². The molecule has 0 amide bonds. The molecule has 0 spiro atoms. The minimum Gasteiger partial charge on any atom is -0.206 e. The molecule has 0 radical (unpaired) electrons. The van der Waals surface area contributed by atoms with E-state index in [0.717, 1.165) is 11.1 Å². The van der Waals surface area contributed by atoms with Gasteiger partial charge in [0, 0.05) is 10.6 Å². The second kappa shape index (κ2) is 4.03. The third-order valence-corrected chi connectivity index (χ3v) is 2.53. The Morgan fingerprint density at radius 2 is 1.67 bits per heavy atom. The van der Waals surface area contributed by atoms with E-state index in [4.69, 9.17) is 11.6 Å². The Hall–Kier alpha value is -1.34. The number of rotatable bonds is 1. The van der Waals surface area contributed by atoms with Gasteiger partial charge >= 0.3 is 0 Å². The maximum Gasteiger partial charge on any atom is 0.131 e. The van der Waals surface area contributed by atoms with Crippen molar-refractivity contribution in [2.45, 2.75) is 6.92 Å². The van der Waals surface area contributed by atoms with Gasteiger partial charge in [0.15, 0.2) is 0 Å². The number of hydrogen-bond acceptors (Lipinski definition) is 0. The third kappa shape index (κ3) is 2.18. The van der Waals surface area contributed by atoms with Crippen molar-refractivity contribution in [3.63, 3.8) is 0 Å². The number of aryl methyl sites for hydroxylation is 1. The van der Waals surface area contributed by atoms with Gasteiger partial charge in [-0.25, -0.2) is 4.39 Å². The van der Waals surface area contributed by atoms with Crippen LogP contribution in [0.25, 0.3) is 11.1 Å². The molecule has 2 aromatic rings. The second-order valence-corrected chi connectivity index (χ2v) is 3.93. The maximum atomic E-state index is 13.6. The van der Waals surface area contributed by atoms with Gasteiger partial charge < -0.3 is 0 Å². The molecule has 0 nitrogen and oxygen atoms in total.